The van der Waals surface area contributed by atoms with Gasteiger partial charge in [-0.05, 0) is 65.2 Å². The zero-order valence-electron chi connectivity index (χ0n) is 14.6. The van der Waals surface area contributed by atoms with Crippen molar-refractivity contribution < 1.29 is 21.6 Å². The van der Waals surface area contributed by atoms with Crippen molar-refractivity contribution in [3.05, 3.63) is 52.0 Å². The van der Waals surface area contributed by atoms with Crippen LogP contribution in [0, 0.1) is 13.8 Å². The minimum Gasteiger partial charge on any atom is -0.278 e. The van der Waals surface area contributed by atoms with E-state index in [9.17, 15) is 21.6 Å². The second-order valence-electron chi connectivity index (χ2n) is 6.26. The molecule has 0 radical (unpaired) electrons. The Balaban J connectivity index is 2.04. The Morgan fingerprint density at radius 1 is 1.11 bits per heavy atom. The summed E-state index contributed by atoms with van der Waals surface area (Å²) in [6.45, 7) is 3.48. The molecule has 1 saturated heterocycles. The fourth-order valence-electron chi connectivity index (χ4n) is 2.78. The predicted molar refractivity (Wildman–Crippen MR) is 107 cm³/mol. The van der Waals surface area contributed by atoms with Gasteiger partial charge in [0.1, 0.15) is 0 Å². The van der Waals surface area contributed by atoms with Gasteiger partial charge < -0.3 is 0 Å². The van der Waals surface area contributed by atoms with E-state index >= 15 is 0 Å². The number of rotatable bonds is 4. The zero-order chi connectivity index (χ0) is 20.0. The van der Waals surface area contributed by atoms with Gasteiger partial charge in [0, 0.05) is 10.9 Å². The first kappa shape index (κ1) is 19.8. The maximum Gasteiger partial charge on any atom is 0.262 e. The molecular formula is C17H17BrN2O5S2. The van der Waals surface area contributed by atoms with Crippen molar-refractivity contribution in [3.8, 4) is 0 Å². The summed E-state index contributed by atoms with van der Waals surface area (Å²) < 4.78 is 53.8. The molecule has 144 valence electrons. The molecule has 0 saturated carbocycles. The van der Waals surface area contributed by atoms with Crippen molar-refractivity contribution in [2.75, 3.05) is 14.8 Å². The van der Waals surface area contributed by atoms with E-state index in [0.717, 1.165) is 5.56 Å². The van der Waals surface area contributed by atoms with Gasteiger partial charge in [-0.3, -0.25) is 9.52 Å². The average molecular weight is 473 g/mol. The van der Waals surface area contributed by atoms with E-state index < -0.39 is 26.0 Å². The maximum absolute atomic E-state index is 12.9. The quantitative estimate of drug-likeness (QED) is 0.736. The molecule has 2 aromatic rings. The SMILES string of the molecule is Cc1ccc(NS(=O)(=O)c2cc(N3C(=O)CCS3(=O)=O)ccc2C)c(Br)c1. The van der Waals surface area contributed by atoms with Crippen molar-refractivity contribution >= 4 is 53.3 Å². The van der Waals surface area contributed by atoms with Crippen LogP contribution in [0.3, 0.4) is 0 Å². The van der Waals surface area contributed by atoms with Gasteiger partial charge in [-0.2, -0.15) is 0 Å². The molecule has 1 aliphatic rings. The molecule has 27 heavy (non-hydrogen) atoms. The van der Waals surface area contributed by atoms with E-state index in [1.54, 1.807) is 25.1 Å². The van der Waals surface area contributed by atoms with Crippen LogP contribution in [0.1, 0.15) is 17.5 Å². The number of aryl methyl sites for hydroxylation is 2. The van der Waals surface area contributed by atoms with E-state index in [1.165, 1.54) is 18.2 Å². The lowest BCUT2D eigenvalue weighted by Gasteiger charge is -2.18. The largest absolute Gasteiger partial charge is 0.278 e. The minimum atomic E-state index is -4.00. The Bertz CT molecular complexity index is 1140. The van der Waals surface area contributed by atoms with E-state index in [1.807, 2.05) is 6.92 Å². The van der Waals surface area contributed by atoms with Crippen molar-refractivity contribution in [1.82, 2.24) is 0 Å². The van der Waals surface area contributed by atoms with Gasteiger partial charge >= 0.3 is 0 Å². The molecule has 0 aromatic heterocycles. The maximum atomic E-state index is 12.9. The van der Waals surface area contributed by atoms with Crippen molar-refractivity contribution in [2.45, 2.75) is 25.2 Å². The molecule has 0 atom stereocenters. The van der Waals surface area contributed by atoms with Crippen molar-refractivity contribution in [2.24, 2.45) is 0 Å². The third-order valence-corrected chi connectivity index (χ3v) is 8.00. The summed E-state index contributed by atoms with van der Waals surface area (Å²) in [4.78, 5) is 11.9. The van der Waals surface area contributed by atoms with Crippen LogP contribution in [-0.4, -0.2) is 28.5 Å². The summed E-state index contributed by atoms with van der Waals surface area (Å²) in [5.41, 5.74) is 1.76. The number of halogens is 1. The number of benzene rings is 2. The molecule has 0 spiro atoms. The molecule has 1 fully saturated rings. The fraction of sp³-hybridized carbons (Fsp3) is 0.235. The highest BCUT2D eigenvalue weighted by molar-refractivity contribution is 9.10. The van der Waals surface area contributed by atoms with Gasteiger partial charge in [0.05, 0.1) is 22.0 Å². The second-order valence-corrected chi connectivity index (χ2v) is 10.7. The summed E-state index contributed by atoms with van der Waals surface area (Å²) >= 11 is 3.32. The Morgan fingerprint density at radius 2 is 1.81 bits per heavy atom. The van der Waals surface area contributed by atoms with Gasteiger partial charge in [0.15, 0.2) is 0 Å². The smallest absolute Gasteiger partial charge is 0.262 e. The Labute approximate surface area is 166 Å². The number of hydrogen-bond acceptors (Lipinski definition) is 5. The van der Waals surface area contributed by atoms with Crippen LogP contribution in [0.4, 0.5) is 11.4 Å². The molecule has 0 bridgehead atoms. The number of anilines is 2. The number of amides is 1. The number of hydrogen-bond donors (Lipinski definition) is 1. The molecule has 7 nitrogen and oxygen atoms in total. The lowest BCUT2D eigenvalue weighted by molar-refractivity contribution is -0.116. The molecule has 1 N–H and O–H groups in total. The average Bonchev–Trinajstić information content (AvgIpc) is 2.84. The number of carbonyl (C=O) groups excluding carboxylic acids is 1. The van der Waals surface area contributed by atoms with Crippen LogP contribution < -0.4 is 9.03 Å². The normalized spacial score (nSPS) is 16.6. The summed E-state index contributed by atoms with van der Waals surface area (Å²) in [5.74, 6) is -0.854. The third-order valence-electron chi connectivity index (χ3n) is 4.14. The van der Waals surface area contributed by atoms with E-state index in [4.69, 9.17) is 0 Å². The van der Waals surface area contributed by atoms with Gasteiger partial charge in [-0.15, -0.1) is 0 Å². The van der Waals surface area contributed by atoms with Crippen LogP contribution in [-0.2, 0) is 24.8 Å². The highest BCUT2D eigenvalue weighted by Crippen LogP contribution is 2.31. The minimum absolute atomic E-state index is 0.0199. The molecule has 10 heteroatoms. The van der Waals surface area contributed by atoms with Crippen LogP contribution in [0.15, 0.2) is 45.8 Å². The zero-order valence-corrected chi connectivity index (χ0v) is 17.8. The fourth-order valence-corrected chi connectivity index (χ4v) is 6.30. The second kappa shape index (κ2) is 6.92. The number of sulfonamides is 2. The van der Waals surface area contributed by atoms with E-state index in [-0.39, 0.29) is 22.8 Å². The molecule has 1 heterocycles. The summed E-state index contributed by atoms with van der Waals surface area (Å²) in [5, 5.41) is 0. The first-order valence-corrected chi connectivity index (χ1v) is 11.9. The lowest BCUT2D eigenvalue weighted by atomic mass is 10.2. The summed E-state index contributed by atoms with van der Waals surface area (Å²) in [6, 6.07) is 9.29. The highest BCUT2D eigenvalue weighted by atomic mass is 79.9. The van der Waals surface area contributed by atoms with Crippen molar-refractivity contribution in [1.29, 1.82) is 0 Å². The Morgan fingerprint density at radius 3 is 2.41 bits per heavy atom. The standard InChI is InChI=1S/C17H17BrN2O5S2/c1-11-3-6-15(14(18)9-11)19-27(24,25)16-10-13(5-4-12(16)2)20-17(21)7-8-26(20,22)23/h3-6,9-10,19H,7-8H2,1-2H3. The molecule has 1 amide bonds. The first-order chi connectivity index (χ1) is 12.5. The van der Waals surface area contributed by atoms with E-state index in [2.05, 4.69) is 20.7 Å². The summed E-state index contributed by atoms with van der Waals surface area (Å²) in [7, 11) is -7.77. The number of nitrogens with zero attached hydrogens (tertiary/aromatic N) is 1. The number of carbonyl (C=O) groups is 1. The summed E-state index contributed by atoms with van der Waals surface area (Å²) in [6.07, 6.45) is -0.118. The highest BCUT2D eigenvalue weighted by Gasteiger charge is 2.37. The Hall–Kier alpha value is -1.91. The van der Waals surface area contributed by atoms with E-state index in [0.29, 0.717) is 20.0 Å². The molecule has 2 aromatic carbocycles. The number of nitrogens with one attached hydrogen (secondary N) is 1. The third kappa shape index (κ3) is 3.87. The van der Waals surface area contributed by atoms with Gasteiger partial charge in [0.2, 0.25) is 15.9 Å². The predicted octanol–water partition coefficient (Wildman–Crippen LogP) is 2.93. The molecule has 1 aliphatic heterocycles. The molecule has 0 unspecified atom stereocenters. The van der Waals surface area contributed by atoms with Crippen molar-refractivity contribution in [3.63, 3.8) is 0 Å². The molecule has 0 aliphatic carbocycles. The van der Waals surface area contributed by atoms with Crippen LogP contribution in [0.25, 0.3) is 0 Å². The Kier molecular flexibility index (Phi) is 5.08. The lowest BCUT2D eigenvalue weighted by Crippen LogP contribution is -2.29. The van der Waals surface area contributed by atoms with Crippen LogP contribution >= 0.6 is 15.9 Å². The van der Waals surface area contributed by atoms with Crippen LogP contribution in [0.2, 0.25) is 0 Å². The molecular weight excluding hydrogens is 456 g/mol. The topological polar surface area (TPSA) is 101 Å². The molecule has 3 rings (SSSR count). The first-order valence-electron chi connectivity index (χ1n) is 7.97. The van der Waals surface area contributed by atoms with Gasteiger partial charge in [-0.25, -0.2) is 21.1 Å². The van der Waals surface area contributed by atoms with Crippen LogP contribution in [0.5, 0.6) is 0 Å². The monoisotopic (exact) mass is 472 g/mol. The van der Waals surface area contributed by atoms with Gasteiger partial charge in [0.25, 0.3) is 10.0 Å². The van der Waals surface area contributed by atoms with Gasteiger partial charge in [-0.1, -0.05) is 12.1 Å².